The molecule has 118 valence electrons. The van der Waals surface area contributed by atoms with E-state index in [-0.39, 0.29) is 5.91 Å². The standard InChI is InChI=1S/C16H22N4OS/c1-10(2)8-9-17-15(21)14-12(4)19-16(22-14)20-13-7-5-6-11(3)18-13/h5-7,10H,8-9H2,1-4H3,(H,17,21)(H,18,19,20). The highest BCUT2D eigenvalue weighted by Crippen LogP contribution is 2.25. The molecule has 2 aromatic heterocycles. The number of carbonyl (C=O) groups excluding carboxylic acids is 1. The molecule has 0 bridgehead atoms. The Morgan fingerprint density at radius 3 is 2.73 bits per heavy atom. The number of aromatic nitrogens is 2. The third kappa shape index (κ3) is 4.53. The van der Waals surface area contributed by atoms with Crippen LogP contribution in [0.3, 0.4) is 0 Å². The lowest BCUT2D eigenvalue weighted by Gasteiger charge is -2.05. The Morgan fingerprint density at radius 1 is 1.27 bits per heavy atom. The van der Waals surface area contributed by atoms with E-state index in [0.29, 0.717) is 22.5 Å². The van der Waals surface area contributed by atoms with E-state index in [2.05, 4.69) is 34.4 Å². The highest BCUT2D eigenvalue weighted by atomic mass is 32.1. The highest BCUT2D eigenvalue weighted by molar-refractivity contribution is 7.17. The summed E-state index contributed by atoms with van der Waals surface area (Å²) in [5, 5.41) is 6.78. The maximum Gasteiger partial charge on any atom is 0.263 e. The van der Waals surface area contributed by atoms with E-state index in [1.807, 2.05) is 32.0 Å². The molecule has 0 unspecified atom stereocenters. The van der Waals surface area contributed by atoms with Crippen LogP contribution in [-0.2, 0) is 0 Å². The van der Waals surface area contributed by atoms with Crippen molar-refractivity contribution in [2.45, 2.75) is 34.1 Å². The number of rotatable bonds is 6. The van der Waals surface area contributed by atoms with Crippen LogP contribution < -0.4 is 10.6 Å². The first kappa shape index (κ1) is 16.4. The zero-order chi connectivity index (χ0) is 16.1. The van der Waals surface area contributed by atoms with Crippen LogP contribution in [-0.4, -0.2) is 22.4 Å². The van der Waals surface area contributed by atoms with Gasteiger partial charge in [-0.05, 0) is 38.3 Å². The van der Waals surface area contributed by atoms with Crippen molar-refractivity contribution in [3.05, 3.63) is 34.5 Å². The van der Waals surface area contributed by atoms with Crippen LogP contribution in [0.15, 0.2) is 18.2 Å². The SMILES string of the molecule is Cc1cccc(Nc2nc(C)c(C(=O)NCCC(C)C)s2)n1. The molecule has 2 aromatic rings. The van der Waals surface area contributed by atoms with Crippen molar-refractivity contribution in [3.63, 3.8) is 0 Å². The van der Waals surface area contributed by atoms with E-state index < -0.39 is 0 Å². The fourth-order valence-electron chi connectivity index (χ4n) is 1.94. The van der Waals surface area contributed by atoms with Gasteiger partial charge in [-0.2, -0.15) is 0 Å². The topological polar surface area (TPSA) is 66.9 Å². The summed E-state index contributed by atoms with van der Waals surface area (Å²) in [5.41, 5.74) is 1.67. The quantitative estimate of drug-likeness (QED) is 0.852. The van der Waals surface area contributed by atoms with E-state index >= 15 is 0 Å². The second-order valence-corrected chi connectivity index (χ2v) is 6.66. The predicted octanol–water partition coefficient (Wildman–Crippen LogP) is 3.67. The van der Waals surface area contributed by atoms with Gasteiger partial charge in [0.2, 0.25) is 0 Å². The molecule has 2 heterocycles. The van der Waals surface area contributed by atoms with Crippen molar-refractivity contribution in [1.82, 2.24) is 15.3 Å². The van der Waals surface area contributed by atoms with Gasteiger partial charge >= 0.3 is 0 Å². The number of amides is 1. The lowest BCUT2D eigenvalue weighted by Crippen LogP contribution is -2.25. The zero-order valence-corrected chi connectivity index (χ0v) is 14.3. The largest absolute Gasteiger partial charge is 0.351 e. The van der Waals surface area contributed by atoms with Gasteiger partial charge in [-0.3, -0.25) is 4.79 Å². The number of nitrogens with zero attached hydrogens (tertiary/aromatic N) is 2. The van der Waals surface area contributed by atoms with E-state index in [4.69, 9.17) is 0 Å². The van der Waals surface area contributed by atoms with Crippen molar-refractivity contribution in [1.29, 1.82) is 0 Å². The predicted molar refractivity (Wildman–Crippen MR) is 90.9 cm³/mol. The van der Waals surface area contributed by atoms with Gasteiger partial charge in [0.25, 0.3) is 5.91 Å². The van der Waals surface area contributed by atoms with Gasteiger partial charge in [0.15, 0.2) is 5.13 Å². The Balaban J connectivity index is 2.03. The molecule has 0 aliphatic carbocycles. The van der Waals surface area contributed by atoms with Crippen LogP contribution in [0.25, 0.3) is 0 Å². The van der Waals surface area contributed by atoms with Gasteiger partial charge in [-0.15, -0.1) is 0 Å². The number of anilines is 2. The number of hydrogen-bond donors (Lipinski definition) is 2. The zero-order valence-electron chi connectivity index (χ0n) is 13.4. The summed E-state index contributed by atoms with van der Waals surface area (Å²) in [7, 11) is 0. The van der Waals surface area contributed by atoms with Gasteiger partial charge in [0.05, 0.1) is 5.69 Å². The van der Waals surface area contributed by atoms with Gasteiger partial charge in [0, 0.05) is 12.2 Å². The number of carbonyl (C=O) groups is 1. The average molecular weight is 318 g/mol. The minimum atomic E-state index is -0.0547. The smallest absolute Gasteiger partial charge is 0.263 e. The Bertz CT molecular complexity index is 651. The molecule has 0 aliphatic heterocycles. The summed E-state index contributed by atoms with van der Waals surface area (Å²) >= 11 is 1.35. The van der Waals surface area contributed by atoms with E-state index in [9.17, 15) is 4.79 Å². The Kier molecular flexibility index (Phi) is 5.49. The Labute approximate surface area is 135 Å². The van der Waals surface area contributed by atoms with Crippen molar-refractivity contribution in [3.8, 4) is 0 Å². The summed E-state index contributed by atoms with van der Waals surface area (Å²) in [4.78, 5) is 21.6. The fourth-order valence-corrected chi connectivity index (χ4v) is 2.83. The molecule has 22 heavy (non-hydrogen) atoms. The second-order valence-electron chi connectivity index (χ2n) is 5.66. The third-order valence-electron chi connectivity index (χ3n) is 3.13. The summed E-state index contributed by atoms with van der Waals surface area (Å²) in [6.45, 7) is 8.76. The fraction of sp³-hybridized carbons (Fsp3) is 0.438. The van der Waals surface area contributed by atoms with Crippen LogP contribution in [0.1, 0.15) is 41.3 Å². The molecule has 1 amide bonds. The van der Waals surface area contributed by atoms with E-state index in [0.717, 1.165) is 23.6 Å². The first-order valence-corrected chi connectivity index (χ1v) is 8.23. The Morgan fingerprint density at radius 2 is 2.05 bits per heavy atom. The monoisotopic (exact) mass is 318 g/mol. The first-order chi connectivity index (χ1) is 10.5. The maximum absolute atomic E-state index is 12.2. The molecule has 0 aromatic carbocycles. The third-order valence-corrected chi connectivity index (χ3v) is 4.21. The van der Waals surface area contributed by atoms with Crippen molar-refractivity contribution < 1.29 is 4.79 Å². The number of hydrogen-bond acceptors (Lipinski definition) is 5. The maximum atomic E-state index is 12.2. The molecule has 0 spiro atoms. The summed E-state index contributed by atoms with van der Waals surface area (Å²) in [6.07, 6.45) is 0.974. The summed E-state index contributed by atoms with van der Waals surface area (Å²) in [6, 6.07) is 5.75. The lowest BCUT2D eigenvalue weighted by atomic mass is 10.1. The average Bonchev–Trinajstić information content (AvgIpc) is 2.79. The molecule has 0 atom stereocenters. The molecule has 0 fully saturated rings. The van der Waals surface area contributed by atoms with Gasteiger partial charge in [-0.1, -0.05) is 31.3 Å². The highest BCUT2D eigenvalue weighted by Gasteiger charge is 2.15. The van der Waals surface area contributed by atoms with Gasteiger partial charge in [0.1, 0.15) is 10.7 Å². The number of nitrogens with one attached hydrogen (secondary N) is 2. The van der Waals surface area contributed by atoms with Crippen molar-refractivity contribution in [2.75, 3.05) is 11.9 Å². The lowest BCUT2D eigenvalue weighted by molar-refractivity contribution is 0.0955. The van der Waals surface area contributed by atoms with Crippen LogP contribution in [0, 0.1) is 19.8 Å². The molecule has 0 saturated heterocycles. The summed E-state index contributed by atoms with van der Waals surface area (Å²) < 4.78 is 0. The van der Waals surface area contributed by atoms with Gasteiger partial charge < -0.3 is 10.6 Å². The Hall–Kier alpha value is -1.95. The number of thiazole rings is 1. The number of pyridine rings is 1. The minimum Gasteiger partial charge on any atom is -0.351 e. The number of aryl methyl sites for hydroxylation is 2. The van der Waals surface area contributed by atoms with E-state index in [1.54, 1.807) is 0 Å². The minimum absolute atomic E-state index is 0.0547. The normalized spacial score (nSPS) is 10.8. The molecular formula is C16H22N4OS. The van der Waals surface area contributed by atoms with Crippen LogP contribution in [0.5, 0.6) is 0 Å². The summed E-state index contributed by atoms with van der Waals surface area (Å²) in [5.74, 6) is 1.26. The van der Waals surface area contributed by atoms with Crippen LogP contribution in [0.2, 0.25) is 0 Å². The second kappa shape index (κ2) is 7.35. The first-order valence-electron chi connectivity index (χ1n) is 7.42. The molecule has 0 saturated carbocycles. The van der Waals surface area contributed by atoms with Crippen LogP contribution in [0.4, 0.5) is 10.9 Å². The molecule has 0 aliphatic rings. The molecular weight excluding hydrogens is 296 g/mol. The molecule has 2 rings (SSSR count). The molecule has 2 N–H and O–H groups in total. The molecule has 0 radical (unpaired) electrons. The van der Waals surface area contributed by atoms with Crippen LogP contribution >= 0.6 is 11.3 Å². The molecule has 6 heteroatoms. The van der Waals surface area contributed by atoms with Crippen molar-refractivity contribution >= 4 is 28.2 Å². The van der Waals surface area contributed by atoms with E-state index in [1.165, 1.54) is 11.3 Å². The molecule has 5 nitrogen and oxygen atoms in total. The van der Waals surface area contributed by atoms with Gasteiger partial charge in [-0.25, -0.2) is 9.97 Å². The van der Waals surface area contributed by atoms with Crippen molar-refractivity contribution in [2.24, 2.45) is 5.92 Å².